The van der Waals surface area contributed by atoms with E-state index in [-0.39, 0.29) is 11.6 Å². The number of carboxylic acid groups (broad SMARTS) is 1. The van der Waals surface area contributed by atoms with E-state index in [0.717, 1.165) is 30.5 Å². The lowest BCUT2D eigenvalue weighted by molar-refractivity contribution is -0.145. The number of carboxylic acids is 1. The van der Waals surface area contributed by atoms with Gasteiger partial charge in [0, 0.05) is 19.7 Å². The van der Waals surface area contributed by atoms with E-state index < -0.39 is 12.0 Å². The van der Waals surface area contributed by atoms with Crippen molar-refractivity contribution < 1.29 is 14.6 Å². The van der Waals surface area contributed by atoms with E-state index in [1.165, 1.54) is 0 Å². The summed E-state index contributed by atoms with van der Waals surface area (Å²) >= 11 is 0. The van der Waals surface area contributed by atoms with Gasteiger partial charge >= 0.3 is 5.97 Å². The largest absolute Gasteiger partial charge is 0.480 e. The Labute approximate surface area is 126 Å². The van der Waals surface area contributed by atoms with Gasteiger partial charge in [0.15, 0.2) is 0 Å². The zero-order valence-electron chi connectivity index (χ0n) is 13.3. The van der Waals surface area contributed by atoms with Crippen molar-refractivity contribution in [3.63, 3.8) is 0 Å². The molecule has 1 heterocycles. The molecule has 1 aromatic rings. The molecule has 0 amide bonds. The molecule has 0 aromatic heterocycles. The van der Waals surface area contributed by atoms with Crippen LogP contribution in [0, 0.1) is 0 Å². The number of aliphatic carboxylic acids is 1. The van der Waals surface area contributed by atoms with E-state index in [0.29, 0.717) is 0 Å². The molecule has 0 saturated carbocycles. The highest BCUT2D eigenvalue weighted by Crippen LogP contribution is 2.33. The van der Waals surface area contributed by atoms with Crippen molar-refractivity contribution in [1.29, 1.82) is 0 Å². The van der Waals surface area contributed by atoms with Gasteiger partial charge in [0.2, 0.25) is 0 Å². The van der Waals surface area contributed by atoms with E-state index in [4.69, 9.17) is 4.74 Å². The summed E-state index contributed by atoms with van der Waals surface area (Å²) < 4.78 is 5.49. The van der Waals surface area contributed by atoms with Crippen molar-refractivity contribution in [1.82, 2.24) is 4.90 Å². The van der Waals surface area contributed by atoms with Crippen LogP contribution in [0.15, 0.2) is 24.3 Å². The number of rotatable bonds is 5. The number of hydrogen-bond donors (Lipinski definition) is 1. The highest BCUT2D eigenvalue weighted by molar-refractivity contribution is 5.76. The van der Waals surface area contributed by atoms with Gasteiger partial charge in [-0.25, -0.2) is 0 Å². The molecule has 0 saturated heterocycles. The van der Waals surface area contributed by atoms with E-state index in [1.54, 1.807) is 7.11 Å². The Morgan fingerprint density at radius 2 is 2.14 bits per heavy atom. The molecular weight excluding hydrogens is 266 g/mol. The van der Waals surface area contributed by atoms with Gasteiger partial charge in [0.25, 0.3) is 0 Å². The number of hydrogen-bond acceptors (Lipinski definition) is 3. The second-order valence-electron chi connectivity index (χ2n) is 6.44. The van der Waals surface area contributed by atoms with Gasteiger partial charge in [-0.05, 0) is 44.7 Å². The molecule has 4 heteroatoms. The third kappa shape index (κ3) is 3.44. The Morgan fingerprint density at radius 1 is 1.48 bits per heavy atom. The first-order valence-electron chi connectivity index (χ1n) is 7.47. The lowest BCUT2D eigenvalue weighted by atomic mass is 9.89. The van der Waals surface area contributed by atoms with Crippen molar-refractivity contribution >= 4 is 5.97 Å². The van der Waals surface area contributed by atoms with Crippen LogP contribution in [0.2, 0.25) is 0 Å². The molecule has 0 fully saturated rings. The highest BCUT2D eigenvalue weighted by Gasteiger charge is 2.37. The second kappa shape index (κ2) is 6.16. The molecule has 21 heavy (non-hydrogen) atoms. The van der Waals surface area contributed by atoms with Crippen LogP contribution < -0.4 is 0 Å². The SMILES string of the molecule is COC(C)(C)CC(C)N1CCc2ccccc2C1C(=O)O. The standard InChI is InChI=1S/C17H25NO3/c1-12(11-17(2,3)21-4)18-10-9-13-7-5-6-8-14(13)15(18)16(19)20/h5-8,12,15H,9-11H2,1-4H3,(H,19,20). The fourth-order valence-corrected chi connectivity index (χ4v) is 3.25. The molecule has 1 aromatic carbocycles. The van der Waals surface area contributed by atoms with Crippen LogP contribution in [0.5, 0.6) is 0 Å². The summed E-state index contributed by atoms with van der Waals surface area (Å²) in [6.45, 7) is 6.94. The van der Waals surface area contributed by atoms with Crippen molar-refractivity contribution in [2.45, 2.75) is 51.3 Å². The van der Waals surface area contributed by atoms with Crippen LogP contribution >= 0.6 is 0 Å². The molecule has 0 radical (unpaired) electrons. The summed E-state index contributed by atoms with van der Waals surface area (Å²) in [6.07, 6.45) is 1.70. The number of nitrogens with zero attached hydrogens (tertiary/aromatic N) is 1. The normalized spacial score (nSPS) is 20.9. The van der Waals surface area contributed by atoms with Gasteiger partial charge in [0.05, 0.1) is 5.60 Å². The van der Waals surface area contributed by atoms with Gasteiger partial charge in [-0.15, -0.1) is 0 Å². The summed E-state index contributed by atoms with van der Waals surface area (Å²) in [5.41, 5.74) is 1.83. The van der Waals surface area contributed by atoms with E-state index in [9.17, 15) is 9.90 Å². The molecule has 0 bridgehead atoms. The molecule has 1 N–H and O–H groups in total. The molecule has 2 atom stereocenters. The van der Waals surface area contributed by atoms with Crippen LogP contribution in [0.25, 0.3) is 0 Å². The van der Waals surface area contributed by atoms with E-state index in [2.05, 4.69) is 11.8 Å². The number of benzene rings is 1. The minimum absolute atomic E-state index is 0.148. The summed E-state index contributed by atoms with van der Waals surface area (Å²) in [5, 5.41) is 9.69. The molecule has 4 nitrogen and oxygen atoms in total. The van der Waals surface area contributed by atoms with Gasteiger partial charge in [-0.2, -0.15) is 0 Å². The summed E-state index contributed by atoms with van der Waals surface area (Å²) in [5.74, 6) is -0.774. The molecular formula is C17H25NO3. The molecule has 2 rings (SSSR count). The van der Waals surface area contributed by atoms with Gasteiger partial charge < -0.3 is 9.84 Å². The minimum atomic E-state index is -0.774. The van der Waals surface area contributed by atoms with Gasteiger partial charge in [0.1, 0.15) is 6.04 Å². The van der Waals surface area contributed by atoms with Crippen molar-refractivity contribution in [2.24, 2.45) is 0 Å². The molecule has 0 spiro atoms. The Bertz CT molecular complexity index is 513. The Kier molecular flexibility index (Phi) is 4.69. The van der Waals surface area contributed by atoms with Crippen LogP contribution in [-0.4, -0.2) is 41.3 Å². The third-order valence-corrected chi connectivity index (χ3v) is 4.46. The van der Waals surface area contributed by atoms with Crippen LogP contribution in [0.1, 0.15) is 44.4 Å². The van der Waals surface area contributed by atoms with Crippen molar-refractivity contribution in [2.75, 3.05) is 13.7 Å². The number of carbonyl (C=O) groups is 1. The Balaban J connectivity index is 2.26. The molecule has 2 unspecified atom stereocenters. The van der Waals surface area contributed by atoms with Gasteiger partial charge in [-0.1, -0.05) is 24.3 Å². The first-order chi connectivity index (χ1) is 9.85. The zero-order valence-corrected chi connectivity index (χ0v) is 13.3. The maximum atomic E-state index is 11.8. The monoisotopic (exact) mass is 291 g/mol. The highest BCUT2D eigenvalue weighted by atomic mass is 16.5. The topological polar surface area (TPSA) is 49.8 Å². The van der Waals surface area contributed by atoms with Crippen LogP contribution in [-0.2, 0) is 16.0 Å². The maximum Gasteiger partial charge on any atom is 0.325 e. The predicted molar refractivity (Wildman–Crippen MR) is 82.4 cm³/mol. The molecule has 1 aliphatic heterocycles. The molecule has 116 valence electrons. The molecule has 1 aliphatic rings. The average Bonchev–Trinajstić information content (AvgIpc) is 2.45. The minimum Gasteiger partial charge on any atom is -0.480 e. The predicted octanol–water partition coefficient (Wildman–Crippen LogP) is 2.87. The fraction of sp³-hybridized carbons (Fsp3) is 0.588. The lowest BCUT2D eigenvalue weighted by Crippen LogP contribution is -2.47. The smallest absolute Gasteiger partial charge is 0.325 e. The van der Waals surface area contributed by atoms with E-state index >= 15 is 0 Å². The van der Waals surface area contributed by atoms with Crippen molar-refractivity contribution in [3.05, 3.63) is 35.4 Å². The molecule has 0 aliphatic carbocycles. The maximum absolute atomic E-state index is 11.8. The quantitative estimate of drug-likeness (QED) is 0.906. The van der Waals surface area contributed by atoms with Crippen LogP contribution in [0.4, 0.5) is 0 Å². The number of methoxy groups -OCH3 is 1. The lowest BCUT2D eigenvalue weighted by Gasteiger charge is -2.41. The van der Waals surface area contributed by atoms with Crippen molar-refractivity contribution in [3.8, 4) is 0 Å². The van der Waals surface area contributed by atoms with E-state index in [1.807, 2.05) is 38.1 Å². The van der Waals surface area contributed by atoms with Crippen LogP contribution in [0.3, 0.4) is 0 Å². The first kappa shape index (κ1) is 16.0. The zero-order chi connectivity index (χ0) is 15.6. The second-order valence-corrected chi connectivity index (χ2v) is 6.44. The number of fused-ring (bicyclic) bond motifs is 1. The number of ether oxygens (including phenoxy) is 1. The summed E-state index contributed by atoms with van der Waals surface area (Å²) in [6, 6.07) is 7.46. The first-order valence-corrected chi connectivity index (χ1v) is 7.47. The summed E-state index contributed by atoms with van der Waals surface area (Å²) in [7, 11) is 1.70. The summed E-state index contributed by atoms with van der Waals surface area (Å²) in [4.78, 5) is 13.9. The third-order valence-electron chi connectivity index (χ3n) is 4.46. The fourth-order valence-electron chi connectivity index (χ4n) is 3.25. The average molecular weight is 291 g/mol. The Morgan fingerprint density at radius 3 is 2.76 bits per heavy atom. The Hall–Kier alpha value is -1.39. The van der Waals surface area contributed by atoms with Gasteiger partial charge in [-0.3, -0.25) is 9.69 Å².